The van der Waals surface area contributed by atoms with Gasteiger partial charge < -0.3 is 5.84 Å². The first-order valence-electron chi connectivity index (χ1n) is 4.14. The smallest absolute Gasteiger partial charge is 0.179 e. The van der Waals surface area contributed by atoms with Gasteiger partial charge in [-0.25, -0.2) is 4.99 Å². The standard InChI is InChI=1S/C10H9IN4/c1-7-2-3-8(4-9(7)5-12)10(15-13)14-6-11/h2-4,6H,13H2,1H3/b14-6?,15-10-. The maximum absolute atomic E-state index is 8.87. The summed E-state index contributed by atoms with van der Waals surface area (Å²) in [5, 5.41) is 12.4. The first-order chi connectivity index (χ1) is 7.22. The Morgan fingerprint density at radius 3 is 2.87 bits per heavy atom. The average molecular weight is 312 g/mol. The summed E-state index contributed by atoms with van der Waals surface area (Å²) >= 11 is 1.98. The Labute approximate surface area is 102 Å². The second-order valence-electron chi connectivity index (χ2n) is 2.82. The molecule has 0 bridgehead atoms. The lowest BCUT2D eigenvalue weighted by Gasteiger charge is -2.01. The van der Waals surface area contributed by atoms with Crippen LogP contribution in [-0.2, 0) is 0 Å². The van der Waals surface area contributed by atoms with Crippen LogP contribution >= 0.6 is 22.6 Å². The Balaban J connectivity index is 3.23. The molecule has 0 saturated carbocycles. The van der Waals surface area contributed by atoms with Crippen molar-refractivity contribution in [3.63, 3.8) is 0 Å². The van der Waals surface area contributed by atoms with Crippen molar-refractivity contribution >= 4 is 32.6 Å². The minimum atomic E-state index is 0.418. The number of aryl methyl sites for hydroxylation is 1. The quantitative estimate of drug-likeness (QED) is 0.283. The lowest BCUT2D eigenvalue weighted by atomic mass is 10.1. The van der Waals surface area contributed by atoms with E-state index in [0.29, 0.717) is 11.4 Å². The zero-order valence-corrected chi connectivity index (χ0v) is 10.3. The van der Waals surface area contributed by atoms with Gasteiger partial charge in [0, 0.05) is 5.56 Å². The summed E-state index contributed by atoms with van der Waals surface area (Å²) < 4.78 is 1.58. The fraction of sp³-hybridized carbons (Fsp3) is 0.100. The van der Waals surface area contributed by atoms with Crippen LogP contribution in [0, 0.1) is 18.3 Å². The fourth-order valence-corrected chi connectivity index (χ4v) is 1.37. The summed E-state index contributed by atoms with van der Waals surface area (Å²) in [7, 11) is 0. The molecule has 1 rings (SSSR count). The first-order valence-corrected chi connectivity index (χ1v) is 5.39. The molecule has 0 radical (unpaired) electrons. The van der Waals surface area contributed by atoms with Crippen LogP contribution in [0.4, 0.5) is 0 Å². The van der Waals surface area contributed by atoms with Crippen molar-refractivity contribution in [1.82, 2.24) is 0 Å². The predicted molar refractivity (Wildman–Crippen MR) is 69.1 cm³/mol. The van der Waals surface area contributed by atoms with Gasteiger partial charge in [0.1, 0.15) is 0 Å². The van der Waals surface area contributed by atoms with Crippen LogP contribution in [0.5, 0.6) is 0 Å². The Hall–Kier alpha value is -1.42. The first kappa shape index (κ1) is 11.7. The molecule has 76 valence electrons. The molecule has 2 N–H and O–H groups in total. The highest BCUT2D eigenvalue weighted by molar-refractivity contribution is 14.1. The monoisotopic (exact) mass is 312 g/mol. The molecule has 0 aliphatic rings. The van der Waals surface area contributed by atoms with Crippen molar-refractivity contribution in [2.45, 2.75) is 6.92 Å². The van der Waals surface area contributed by atoms with E-state index in [1.54, 1.807) is 10.3 Å². The maximum Gasteiger partial charge on any atom is 0.179 e. The van der Waals surface area contributed by atoms with E-state index in [9.17, 15) is 0 Å². The summed E-state index contributed by atoms with van der Waals surface area (Å²) in [5.41, 5.74) is 2.28. The van der Waals surface area contributed by atoms with Gasteiger partial charge in [0.05, 0.1) is 15.9 Å². The van der Waals surface area contributed by atoms with Crippen LogP contribution < -0.4 is 5.84 Å². The van der Waals surface area contributed by atoms with Crippen LogP contribution in [0.2, 0.25) is 0 Å². The zero-order chi connectivity index (χ0) is 11.3. The van der Waals surface area contributed by atoms with Gasteiger partial charge in [-0.05, 0) is 41.1 Å². The highest BCUT2D eigenvalue weighted by atomic mass is 127. The van der Waals surface area contributed by atoms with E-state index in [-0.39, 0.29) is 0 Å². The number of hydrazone groups is 1. The van der Waals surface area contributed by atoms with Gasteiger partial charge in [-0.2, -0.15) is 10.4 Å². The topological polar surface area (TPSA) is 74.5 Å². The Kier molecular flexibility index (Phi) is 4.24. The second kappa shape index (κ2) is 5.46. The molecule has 1 aromatic rings. The molecular formula is C10H9IN4. The summed E-state index contributed by atoms with van der Waals surface area (Å²) in [5.74, 6) is 5.63. The number of hydrogen-bond acceptors (Lipinski definition) is 3. The van der Waals surface area contributed by atoms with E-state index < -0.39 is 0 Å². The van der Waals surface area contributed by atoms with Crippen molar-refractivity contribution in [3.8, 4) is 6.07 Å². The molecule has 0 aliphatic carbocycles. The number of rotatable bonds is 1. The number of halogens is 1. The zero-order valence-electron chi connectivity index (χ0n) is 8.11. The molecule has 0 aliphatic heterocycles. The van der Waals surface area contributed by atoms with E-state index >= 15 is 0 Å². The van der Waals surface area contributed by atoms with Crippen LogP contribution in [0.25, 0.3) is 0 Å². The number of hydrogen-bond donors (Lipinski definition) is 1. The normalized spacial score (nSPS) is 11.7. The number of amidine groups is 1. The molecule has 0 amide bonds. The van der Waals surface area contributed by atoms with Crippen molar-refractivity contribution in [1.29, 1.82) is 5.26 Å². The molecule has 0 fully saturated rings. The Morgan fingerprint density at radius 1 is 1.60 bits per heavy atom. The highest BCUT2D eigenvalue weighted by Crippen LogP contribution is 2.11. The van der Waals surface area contributed by atoms with Crippen LogP contribution in [-0.4, -0.2) is 10.1 Å². The summed E-state index contributed by atoms with van der Waals surface area (Å²) in [6.07, 6.45) is 0. The van der Waals surface area contributed by atoms with E-state index in [4.69, 9.17) is 11.1 Å². The fourth-order valence-electron chi connectivity index (χ4n) is 1.11. The molecule has 0 unspecified atom stereocenters. The molecular weight excluding hydrogens is 303 g/mol. The van der Waals surface area contributed by atoms with Crippen LogP contribution in [0.1, 0.15) is 16.7 Å². The molecule has 15 heavy (non-hydrogen) atoms. The highest BCUT2D eigenvalue weighted by Gasteiger charge is 2.04. The lowest BCUT2D eigenvalue weighted by Crippen LogP contribution is -2.02. The van der Waals surface area contributed by atoms with E-state index in [1.165, 1.54) is 0 Å². The largest absolute Gasteiger partial charge is 0.321 e. The number of aliphatic imine (C=N–C) groups is 1. The van der Waals surface area contributed by atoms with Gasteiger partial charge in [0.15, 0.2) is 5.84 Å². The maximum atomic E-state index is 8.87. The lowest BCUT2D eigenvalue weighted by molar-refractivity contribution is 1.23. The Morgan fingerprint density at radius 2 is 2.33 bits per heavy atom. The third-order valence-electron chi connectivity index (χ3n) is 1.91. The van der Waals surface area contributed by atoms with Crippen molar-refractivity contribution in [3.05, 3.63) is 34.9 Å². The molecule has 0 spiro atoms. The molecule has 4 nitrogen and oxygen atoms in total. The van der Waals surface area contributed by atoms with Crippen molar-refractivity contribution < 1.29 is 0 Å². The third kappa shape index (κ3) is 2.76. The summed E-state index contributed by atoms with van der Waals surface area (Å²) in [6.45, 7) is 1.88. The van der Waals surface area contributed by atoms with Gasteiger partial charge in [-0.3, -0.25) is 0 Å². The van der Waals surface area contributed by atoms with Crippen molar-refractivity contribution in [2.75, 3.05) is 0 Å². The van der Waals surface area contributed by atoms with Gasteiger partial charge in [0.25, 0.3) is 0 Å². The third-order valence-corrected chi connectivity index (χ3v) is 2.19. The number of nitriles is 1. The average Bonchev–Trinajstić information content (AvgIpc) is 2.27. The molecule has 1 aromatic carbocycles. The SMILES string of the molecule is Cc1ccc(/C(N=CI)=N/N)cc1C#N. The van der Waals surface area contributed by atoms with Gasteiger partial charge >= 0.3 is 0 Å². The number of nitrogens with zero attached hydrogens (tertiary/aromatic N) is 3. The van der Waals surface area contributed by atoms with Gasteiger partial charge in [-0.15, -0.1) is 0 Å². The minimum Gasteiger partial charge on any atom is -0.321 e. The predicted octanol–water partition coefficient (Wildman–Crippen LogP) is 1.95. The van der Waals surface area contributed by atoms with E-state index in [0.717, 1.165) is 11.1 Å². The second-order valence-corrected chi connectivity index (χ2v) is 3.38. The van der Waals surface area contributed by atoms with E-state index in [1.807, 2.05) is 41.6 Å². The summed E-state index contributed by atoms with van der Waals surface area (Å²) in [4.78, 5) is 4.00. The van der Waals surface area contributed by atoms with Gasteiger partial charge in [0.2, 0.25) is 0 Å². The molecule has 0 aromatic heterocycles. The van der Waals surface area contributed by atoms with E-state index in [2.05, 4.69) is 16.2 Å². The number of nitrogens with two attached hydrogens (primary N) is 1. The van der Waals surface area contributed by atoms with Crippen LogP contribution in [0.3, 0.4) is 0 Å². The van der Waals surface area contributed by atoms with Gasteiger partial charge in [-0.1, -0.05) is 12.1 Å². The number of benzene rings is 1. The molecule has 0 atom stereocenters. The molecule has 0 heterocycles. The summed E-state index contributed by atoms with van der Waals surface area (Å²) in [6, 6.07) is 7.52. The molecule has 5 heteroatoms. The molecule has 0 saturated heterocycles. The minimum absolute atomic E-state index is 0.418. The van der Waals surface area contributed by atoms with Crippen LogP contribution in [0.15, 0.2) is 28.3 Å². The Bertz CT molecular complexity index is 457. The van der Waals surface area contributed by atoms with Crippen molar-refractivity contribution in [2.24, 2.45) is 15.9 Å².